The molecular weight excluding hydrogens is 484 g/mol. The summed E-state index contributed by atoms with van der Waals surface area (Å²) in [5.74, 6) is 0.745. The molecule has 8 rings (SSSR count). The largest absolute Gasteiger partial charge is 0.228 e. The molecule has 0 bridgehead atoms. The smallest absolute Gasteiger partial charge is 0.161 e. The number of nitrogens with zero attached hydrogens (tertiary/aromatic N) is 2. The molecule has 1 aromatic heterocycles. The Balaban J connectivity index is 1.52. The molecule has 7 aromatic carbocycles. The molecule has 0 radical (unpaired) electrons. The Morgan fingerprint density at radius 3 is 1.57 bits per heavy atom. The van der Waals surface area contributed by atoms with Gasteiger partial charge in [0, 0.05) is 16.5 Å². The van der Waals surface area contributed by atoms with Gasteiger partial charge in [-0.3, -0.25) is 0 Å². The minimum absolute atomic E-state index is 0.745. The van der Waals surface area contributed by atoms with Gasteiger partial charge in [-0.25, -0.2) is 9.97 Å². The van der Waals surface area contributed by atoms with Gasteiger partial charge >= 0.3 is 0 Å². The molecule has 0 fully saturated rings. The Morgan fingerprint density at radius 2 is 0.875 bits per heavy atom. The SMILES string of the molecule is c1ccc(-c2nc(-c3c4ccccc4c(-c4cccc5ccccc45)c4ccccc34)nc3ccccc23)cc1. The van der Waals surface area contributed by atoms with E-state index in [-0.39, 0.29) is 0 Å². The maximum Gasteiger partial charge on any atom is 0.161 e. The van der Waals surface area contributed by atoms with Crippen molar-refractivity contribution >= 4 is 43.2 Å². The van der Waals surface area contributed by atoms with Gasteiger partial charge in [0.15, 0.2) is 5.82 Å². The zero-order chi connectivity index (χ0) is 26.5. The number of fused-ring (bicyclic) bond motifs is 4. The van der Waals surface area contributed by atoms with Crippen LogP contribution in [0.5, 0.6) is 0 Å². The van der Waals surface area contributed by atoms with Crippen LogP contribution in [-0.4, -0.2) is 9.97 Å². The zero-order valence-corrected chi connectivity index (χ0v) is 21.8. The summed E-state index contributed by atoms with van der Waals surface area (Å²) in [6.45, 7) is 0. The summed E-state index contributed by atoms with van der Waals surface area (Å²) in [4.78, 5) is 10.5. The molecule has 40 heavy (non-hydrogen) atoms. The fraction of sp³-hybridized carbons (Fsp3) is 0. The van der Waals surface area contributed by atoms with E-state index in [4.69, 9.17) is 9.97 Å². The van der Waals surface area contributed by atoms with Crippen molar-refractivity contribution < 1.29 is 0 Å². The summed E-state index contributed by atoms with van der Waals surface area (Å²) in [7, 11) is 0. The van der Waals surface area contributed by atoms with Gasteiger partial charge in [0.1, 0.15) is 0 Å². The van der Waals surface area contributed by atoms with E-state index >= 15 is 0 Å². The van der Waals surface area contributed by atoms with Crippen molar-refractivity contribution in [2.24, 2.45) is 0 Å². The van der Waals surface area contributed by atoms with Gasteiger partial charge in [0.25, 0.3) is 0 Å². The van der Waals surface area contributed by atoms with Crippen LogP contribution in [0.1, 0.15) is 0 Å². The number of benzene rings is 7. The third-order valence-corrected chi connectivity index (χ3v) is 7.86. The van der Waals surface area contributed by atoms with Gasteiger partial charge in [0.05, 0.1) is 11.2 Å². The van der Waals surface area contributed by atoms with E-state index in [9.17, 15) is 0 Å². The van der Waals surface area contributed by atoms with Gasteiger partial charge < -0.3 is 0 Å². The first-order chi connectivity index (χ1) is 19.9. The van der Waals surface area contributed by atoms with Gasteiger partial charge in [-0.05, 0) is 49.5 Å². The monoisotopic (exact) mass is 508 g/mol. The van der Waals surface area contributed by atoms with Gasteiger partial charge in [-0.2, -0.15) is 0 Å². The summed E-state index contributed by atoms with van der Waals surface area (Å²) >= 11 is 0. The van der Waals surface area contributed by atoms with Crippen molar-refractivity contribution in [3.8, 4) is 33.8 Å². The lowest BCUT2D eigenvalue weighted by atomic mass is 9.86. The van der Waals surface area contributed by atoms with Crippen molar-refractivity contribution in [2.45, 2.75) is 0 Å². The van der Waals surface area contributed by atoms with Crippen molar-refractivity contribution in [2.75, 3.05) is 0 Å². The van der Waals surface area contributed by atoms with E-state index < -0.39 is 0 Å². The first kappa shape index (κ1) is 22.6. The second kappa shape index (κ2) is 9.14. The van der Waals surface area contributed by atoms with E-state index in [0.717, 1.165) is 44.3 Å². The Hall–Kier alpha value is -5.34. The highest BCUT2D eigenvalue weighted by Gasteiger charge is 2.20. The molecule has 0 unspecified atom stereocenters. The molecule has 2 nitrogen and oxygen atoms in total. The fourth-order valence-corrected chi connectivity index (χ4v) is 6.11. The third-order valence-electron chi connectivity index (χ3n) is 7.86. The molecule has 0 atom stereocenters. The normalized spacial score (nSPS) is 11.5. The lowest BCUT2D eigenvalue weighted by Crippen LogP contribution is -1.98. The van der Waals surface area contributed by atoms with Gasteiger partial charge in [0.2, 0.25) is 0 Å². The van der Waals surface area contributed by atoms with Crippen LogP contribution in [0.3, 0.4) is 0 Å². The van der Waals surface area contributed by atoms with E-state index in [0.29, 0.717) is 0 Å². The zero-order valence-electron chi connectivity index (χ0n) is 21.8. The Kier molecular flexibility index (Phi) is 5.17. The van der Waals surface area contributed by atoms with E-state index in [1.54, 1.807) is 0 Å². The van der Waals surface area contributed by atoms with Crippen molar-refractivity contribution in [3.05, 3.63) is 146 Å². The summed E-state index contributed by atoms with van der Waals surface area (Å²) in [5.41, 5.74) is 6.53. The molecule has 0 N–H and O–H groups in total. The highest BCUT2D eigenvalue weighted by molar-refractivity contribution is 6.23. The second-order valence-corrected chi connectivity index (χ2v) is 10.1. The number of para-hydroxylation sites is 1. The predicted octanol–water partition coefficient (Wildman–Crippen LogP) is 10.1. The molecule has 0 saturated heterocycles. The third kappa shape index (κ3) is 3.50. The average molecular weight is 509 g/mol. The van der Waals surface area contributed by atoms with Crippen LogP contribution in [0.4, 0.5) is 0 Å². The summed E-state index contributed by atoms with van der Waals surface area (Å²) in [6.07, 6.45) is 0. The molecule has 0 aliphatic heterocycles. The summed E-state index contributed by atoms with van der Waals surface area (Å²) < 4.78 is 0. The van der Waals surface area contributed by atoms with Crippen molar-refractivity contribution in [1.82, 2.24) is 9.97 Å². The topological polar surface area (TPSA) is 25.8 Å². The van der Waals surface area contributed by atoms with Crippen LogP contribution in [0.15, 0.2) is 146 Å². The predicted molar refractivity (Wildman–Crippen MR) is 168 cm³/mol. The van der Waals surface area contributed by atoms with Crippen LogP contribution >= 0.6 is 0 Å². The van der Waals surface area contributed by atoms with Gasteiger partial charge in [-0.1, -0.05) is 140 Å². The molecular formula is C38H24N2. The highest BCUT2D eigenvalue weighted by Crippen LogP contribution is 2.45. The standard InChI is InChI=1S/C38H24N2/c1-2-14-26(15-3-1)37-33-22-10-11-24-34(33)39-38(40-37)36-31-20-8-6-18-29(31)35(30-19-7-9-21-32(30)36)28-23-12-16-25-13-4-5-17-27(25)28/h1-24H. The molecule has 0 amide bonds. The van der Waals surface area contributed by atoms with Crippen LogP contribution in [0.25, 0.3) is 77.0 Å². The van der Waals surface area contributed by atoms with Crippen molar-refractivity contribution in [3.63, 3.8) is 0 Å². The molecule has 0 aliphatic rings. The minimum atomic E-state index is 0.745. The quantitative estimate of drug-likeness (QED) is 0.222. The highest BCUT2D eigenvalue weighted by atomic mass is 14.9. The van der Waals surface area contributed by atoms with Crippen LogP contribution in [0.2, 0.25) is 0 Å². The Morgan fingerprint density at radius 1 is 0.350 bits per heavy atom. The molecule has 2 heteroatoms. The number of aromatic nitrogens is 2. The average Bonchev–Trinajstić information content (AvgIpc) is 3.03. The number of hydrogen-bond donors (Lipinski definition) is 0. The summed E-state index contributed by atoms with van der Waals surface area (Å²) in [5, 5.41) is 8.25. The van der Waals surface area contributed by atoms with E-state index in [1.165, 1.54) is 32.7 Å². The number of rotatable bonds is 3. The molecule has 8 aromatic rings. The molecule has 186 valence electrons. The maximum absolute atomic E-state index is 5.28. The van der Waals surface area contributed by atoms with Crippen LogP contribution in [0, 0.1) is 0 Å². The summed E-state index contributed by atoms with van der Waals surface area (Å²) in [6, 6.07) is 51.4. The van der Waals surface area contributed by atoms with Crippen LogP contribution in [-0.2, 0) is 0 Å². The fourth-order valence-electron chi connectivity index (χ4n) is 6.11. The Labute approximate surface area is 232 Å². The first-order valence-corrected chi connectivity index (χ1v) is 13.6. The maximum atomic E-state index is 5.28. The minimum Gasteiger partial charge on any atom is -0.228 e. The molecule has 1 heterocycles. The molecule has 0 spiro atoms. The molecule has 0 aliphatic carbocycles. The second-order valence-electron chi connectivity index (χ2n) is 10.1. The van der Waals surface area contributed by atoms with E-state index in [2.05, 4.69) is 133 Å². The van der Waals surface area contributed by atoms with Crippen molar-refractivity contribution in [1.29, 1.82) is 0 Å². The van der Waals surface area contributed by atoms with E-state index in [1.807, 2.05) is 12.1 Å². The first-order valence-electron chi connectivity index (χ1n) is 13.6. The Bertz CT molecular complexity index is 2150. The van der Waals surface area contributed by atoms with Crippen LogP contribution < -0.4 is 0 Å². The van der Waals surface area contributed by atoms with Gasteiger partial charge in [-0.15, -0.1) is 0 Å². The lowest BCUT2D eigenvalue weighted by Gasteiger charge is -2.18. The lowest BCUT2D eigenvalue weighted by molar-refractivity contribution is 1.24. The number of hydrogen-bond acceptors (Lipinski definition) is 2. The molecule has 0 saturated carbocycles.